The molecule has 2 amide bonds. The van der Waals surface area contributed by atoms with Crippen LogP contribution in [-0.4, -0.2) is 71.3 Å². The maximum absolute atomic E-state index is 14.4. The highest BCUT2D eigenvalue weighted by Gasteiger charge is 2.78. The van der Waals surface area contributed by atoms with Crippen LogP contribution in [0.3, 0.4) is 0 Å². The third-order valence-electron chi connectivity index (χ3n) is 8.44. The largest absolute Gasteiger partial charge is 0.465 e. The molecule has 0 radical (unpaired) electrons. The summed E-state index contributed by atoms with van der Waals surface area (Å²) in [6, 6.07) is 4.85. The minimum atomic E-state index is -1.17. The first-order valence-corrected chi connectivity index (χ1v) is 13.5. The Hall–Kier alpha value is -2.97. The summed E-state index contributed by atoms with van der Waals surface area (Å²) in [5.41, 5.74) is 0.552. The smallest absolute Gasteiger partial charge is 0.312 e. The number of hydrogen-bond acceptors (Lipinski definition) is 6. The fourth-order valence-electron chi connectivity index (χ4n) is 6.86. The maximum Gasteiger partial charge on any atom is 0.312 e. The molecule has 0 aromatic heterocycles. The normalized spacial score (nSPS) is 29.3. The Balaban J connectivity index is 1.71. The number of esters is 1. The van der Waals surface area contributed by atoms with Crippen molar-refractivity contribution in [2.45, 2.75) is 70.1 Å². The zero-order valence-electron chi connectivity index (χ0n) is 22.8. The average molecular weight is 525 g/mol. The lowest BCUT2D eigenvalue weighted by Crippen LogP contribution is -2.57. The molecule has 1 spiro atoms. The van der Waals surface area contributed by atoms with Crippen molar-refractivity contribution < 1.29 is 29.0 Å². The molecule has 0 saturated carbocycles. The van der Waals surface area contributed by atoms with Gasteiger partial charge in [0.2, 0.25) is 5.91 Å². The summed E-state index contributed by atoms with van der Waals surface area (Å²) in [6.07, 6.45) is 6.90. The lowest BCUT2D eigenvalue weighted by atomic mass is 9.66. The van der Waals surface area contributed by atoms with Crippen LogP contribution < -0.4 is 4.90 Å². The molecule has 3 heterocycles. The number of ether oxygens (including phenoxy) is 2. The summed E-state index contributed by atoms with van der Waals surface area (Å²) < 4.78 is 12.3. The second kappa shape index (κ2) is 11.0. The van der Waals surface area contributed by atoms with E-state index in [0.717, 1.165) is 29.7 Å². The molecule has 2 unspecified atom stereocenters. The standard InChI is InChI=1S/C30H40N2O6/c1-6-8-9-10-19-37-28(36)23-22-26(34)32(17-18-33)25(30(22)15-14-29(23,5)38-30)27(35)31(16-7-2)24-20(3)12-11-13-21(24)4/h6-7,11-13,22-23,25,33H,1-2,8-10,14-19H2,3-5H3/t22-,23+,25?,29-,30?/m0/s1. The molecule has 1 N–H and O–H groups in total. The van der Waals surface area contributed by atoms with Crippen molar-refractivity contribution in [2.24, 2.45) is 11.8 Å². The summed E-state index contributed by atoms with van der Waals surface area (Å²) in [4.78, 5) is 44.8. The quantitative estimate of drug-likeness (QED) is 0.256. The van der Waals surface area contributed by atoms with E-state index in [0.29, 0.717) is 19.3 Å². The number of aryl methyl sites for hydroxylation is 2. The number of likely N-dealkylation sites (tertiary alicyclic amines) is 1. The van der Waals surface area contributed by atoms with E-state index in [-0.39, 0.29) is 38.1 Å². The van der Waals surface area contributed by atoms with Gasteiger partial charge < -0.3 is 24.4 Å². The summed E-state index contributed by atoms with van der Waals surface area (Å²) in [7, 11) is 0. The highest BCUT2D eigenvalue weighted by atomic mass is 16.6. The van der Waals surface area contributed by atoms with Crippen LogP contribution in [0.5, 0.6) is 0 Å². The summed E-state index contributed by atoms with van der Waals surface area (Å²) >= 11 is 0. The van der Waals surface area contributed by atoms with E-state index in [2.05, 4.69) is 13.2 Å². The number of fused-ring (bicyclic) bond motifs is 1. The minimum Gasteiger partial charge on any atom is -0.465 e. The van der Waals surface area contributed by atoms with Crippen LogP contribution in [0.25, 0.3) is 0 Å². The number of anilines is 1. The van der Waals surface area contributed by atoms with Gasteiger partial charge in [0.25, 0.3) is 5.91 Å². The zero-order valence-corrected chi connectivity index (χ0v) is 22.8. The second-order valence-electron chi connectivity index (χ2n) is 10.9. The number of benzene rings is 1. The molecule has 4 rings (SSSR count). The van der Waals surface area contributed by atoms with Crippen LogP contribution >= 0.6 is 0 Å². The molecular weight excluding hydrogens is 484 g/mol. The summed E-state index contributed by atoms with van der Waals surface area (Å²) in [6.45, 7) is 13.5. The number of carbonyl (C=O) groups is 3. The number of amides is 2. The molecule has 3 aliphatic rings. The predicted octanol–water partition coefficient (Wildman–Crippen LogP) is 3.48. The van der Waals surface area contributed by atoms with Crippen molar-refractivity contribution >= 4 is 23.5 Å². The van der Waals surface area contributed by atoms with E-state index < -0.39 is 35.0 Å². The van der Waals surface area contributed by atoms with Gasteiger partial charge in [-0.15, -0.1) is 13.2 Å². The highest BCUT2D eigenvalue weighted by Crippen LogP contribution is 2.63. The fourth-order valence-corrected chi connectivity index (χ4v) is 6.86. The van der Waals surface area contributed by atoms with Crippen LogP contribution in [-0.2, 0) is 23.9 Å². The number of para-hydroxylation sites is 1. The number of aliphatic hydroxyl groups is 1. The van der Waals surface area contributed by atoms with Gasteiger partial charge in [0.15, 0.2) is 0 Å². The lowest BCUT2D eigenvalue weighted by molar-refractivity contribution is -0.159. The number of nitrogens with zero attached hydrogens (tertiary/aromatic N) is 2. The molecule has 8 nitrogen and oxygen atoms in total. The topological polar surface area (TPSA) is 96.4 Å². The molecular formula is C30H40N2O6. The molecule has 1 aromatic carbocycles. The van der Waals surface area contributed by atoms with Gasteiger partial charge in [0.1, 0.15) is 17.6 Å². The van der Waals surface area contributed by atoms with Gasteiger partial charge in [-0.05, 0) is 64.0 Å². The molecule has 2 bridgehead atoms. The lowest BCUT2D eigenvalue weighted by Gasteiger charge is -2.37. The van der Waals surface area contributed by atoms with E-state index >= 15 is 0 Å². The number of β-amino-alcohol motifs (C(OH)–C–C–N with tert-alkyl or cyclic N) is 1. The molecule has 3 fully saturated rings. The number of aliphatic hydroxyl groups excluding tert-OH is 1. The molecule has 3 aliphatic heterocycles. The van der Waals surface area contributed by atoms with Gasteiger partial charge in [-0.25, -0.2) is 0 Å². The average Bonchev–Trinajstić information content (AvgIpc) is 3.44. The molecule has 1 aromatic rings. The fraction of sp³-hybridized carbons (Fsp3) is 0.567. The molecule has 8 heteroatoms. The van der Waals surface area contributed by atoms with Gasteiger partial charge in [-0.2, -0.15) is 0 Å². The van der Waals surface area contributed by atoms with Crippen molar-refractivity contribution in [3.8, 4) is 0 Å². The van der Waals surface area contributed by atoms with Crippen LogP contribution in [0.4, 0.5) is 5.69 Å². The number of hydrogen-bond donors (Lipinski definition) is 1. The Morgan fingerprint density at radius 1 is 1.21 bits per heavy atom. The molecule has 5 atom stereocenters. The van der Waals surface area contributed by atoms with Crippen molar-refractivity contribution in [1.82, 2.24) is 4.90 Å². The number of allylic oxidation sites excluding steroid dienone is 1. The summed E-state index contributed by atoms with van der Waals surface area (Å²) in [5, 5.41) is 9.86. The Morgan fingerprint density at radius 2 is 1.92 bits per heavy atom. The van der Waals surface area contributed by atoms with Crippen molar-refractivity contribution in [2.75, 3.05) is 31.2 Å². The van der Waals surface area contributed by atoms with Crippen LogP contribution in [0.1, 0.15) is 50.2 Å². The van der Waals surface area contributed by atoms with Crippen LogP contribution in [0.15, 0.2) is 43.5 Å². The van der Waals surface area contributed by atoms with Crippen molar-refractivity contribution in [1.29, 1.82) is 0 Å². The first-order chi connectivity index (χ1) is 18.2. The zero-order chi connectivity index (χ0) is 27.7. The summed E-state index contributed by atoms with van der Waals surface area (Å²) in [5.74, 6) is -2.74. The molecule has 38 heavy (non-hydrogen) atoms. The van der Waals surface area contributed by atoms with E-state index in [1.807, 2.05) is 45.0 Å². The Bertz CT molecular complexity index is 1100. The number of rotatable bonds is 12. The third-order valence-corrected chi connectivity index (χ3v) is 8.44. The Labute approximate surface area is 225 Å². The van der Waals surface area contributed by atoms with E-state index in [9.17, 15) is 19.5 Å². The van der Waals surface area contributed by atoms with E-state index in [1.54, 1.807) is 11.0 Å². The van der Waals surface area contributed by atoms with Crippen LogP contribution in [0.2, 0.25) is 0 Å². The van der Waals surface area contributed by atoms with E-state index in [1.165, 1.54) is 4.90 Å². The van der Waals surface area contributed by atoms with E-state index in [4.69, 9.17) is 9.47 Å². The maximum atomic E-state index is 14.4. The molecule has 3 saturated heterocycles. The Morgan fingerprint density at radius 3 is 2.55 bits per heavy atom. The minimum absolute atomic E-state index is 0.0223. The third kappa shape index (κ3) is 4.47. The SMILES string of the molecule is C=CCCCCOC(=O)[C@H]1[C@H]2C(=O)N(CCO)C(C(=O)N(CC=C)c3c(C)cccc3C)C23CC[C@]1(C)O3. The molecule has 206 valence electrons. The van der Waals surface area contributed by atoms with Gasteiger partial charge in [0, 0.05) is 18.8 Å². The van der Waals surface area contributed by atoms with Crippen molar-refractivity contribution in [3.05, 3.63) is 54.6 Å². The van der Waals surface area contributed by atoms with Crippen molar-refractivity contribution in [3.63, 3.8) is 0 Å². The Kier molecular flexibility index (Phi) is 8.14. The first kappa shape index (κ1) is 28.0. The highest BCUT2D eigenvalue weighted by molar-refractivity contribution is 6.05. The van der Waals surface area contributed by atoms with Gasteiger partial charge in [-0.3, -0.25) is 14.4 Å². The number of carbonyl (C=O) groups excluding carboxylic acids is 3. The monoisotopic (exact) mass is 524 g/mol. The second-order valence-corrected chi connectivity index (χ2v) is 10.9. The predicted molar refractivity (Wildman–Crippen MR) is 144 cm³/mol. The van der Waals surface area contributed by atoms with Crippen LogP contribution in [0, 0.1) is 25.7 Å². The number of unbranched alkanes of at least 4 members (excludes halogenated alkanes) is 2. The molecule has 0 aliphatic carbocycles. The van der Waals surface area contributed by atoms with Gasteiger partial charge in [-0.1, -0.05) is 30.4 Å². The van der Waals surface area contributed by atoms with Gasteiger partial charge in [0.05, 0.1) is 24.7 Å². The van der Waals surface area contributed by atoms with Gasteiger partial charge >= 0.3 is 5.97 Å². The first-order valence-electron chi connectivity index (χ1n) is 13.5.